The lowest BCUT2D eigenvalue weighted by Crippen LogP contribution is -2.40. The van der Waals surface area contributed by atoms with Crippen molar-refractivity contribution in [3.05, 3.63) is 0 Å². The second kappa shape index (κ2) is 7.91. The minimum atomic E-state index is 0. The SMILES string of the molecule is CN1CCC(CN=C(N)NC2CCCC2)CC1=O.I. The van der Waals surface area contributed by atoms with Crippen molar-refractivity contribution >= 4 is 35.8 Å². The summed E-state index contributed by atoms with van der Waals surface area (Å²) in [6.45, 7) is 1.51. The Morgan fingerprint density at radius 1 is 1.42 bits per heavy atom. The predicted molar refractivity (Wildman–Crippen MR) is 87.7 cm³/mol. The second-order valence-corrected chi connectivity index (χ2v) is 5.53. The van der Waals surface area contributed by atoms with Gasteiger partial charge in [-0.15, -0.1) is 24.0 Å². The van der Waals surface area contributed by atoms with Gasteiger partial charge in [-0.05, 0) is 25.2 Å². The van der Waals surface area contributed by atoms with E-state index in [1.54, 1.807) is 4.90 Å². The Morgan fingerprint density at radius 2 is 2.11 bits per heavy atom. The Morgan fingerprint density at radius 3 is 2.74 bits per heavy atom. The number of carbonyl (C=O) groups excluding carboxylic acids is 1. The lowest BCUT2D eigenvalue weighted by molar-refractivity contribution is -0.133. The molecule has 110 valence electrons. The van der Waals surface area contributed by atoms with E-state index < -0.39 is 0 Å². The first-order valence-corrected chi connectivity index (χ1v) is 6.95. The van der Waals surface area contributed by atoms with Crippen molar-refractivity contribution in [3.63, 3.8) is 0 Å². The summed E-state index contributed by atoms with van der Waals surface area (Å²) in [7, 11) is 1.86. The van der Waals surface area contributed by atoms with E-state index in [1.807, 2.05) is 7.05 Å². The molecule has 0 bridgehead atoms. The molecule has 0 aromatic rings. The highest BCUT2D eigenvalue weighted by molar-refractivity contribution is 14.0. The maximum Gasteiger partial charge on any atom is 0.222 e. The minimum absolute atomic E-state index is 0. The van der Waals surface area contributed by atoms with E-state index in [2.05, 4.69) is 10.3 Å². The summed E-state index contributed by atoms with van der Waals surface area (Å²) >= 11 is 0. The standard InChI is InChI=1S/C13H24N4O.HI/c1-17-7-6-10(8-12(17)18)9-15-13(14)16-11-4-2-3-5-11;/h10-11H,2-9H2,1H3,(H3,14,15,16);1H. The van der Waals surface area contributed by atoms with Crippen LogP contribution in [0.3, 0.4) is 0 Å². The quantitative estimate of drug-likeness (QED) is 0.441. The van der Waals surface area contributed by atoms with Crippen molar-refractivity contribution in [3.8, 4) is 0 Å². The molecule has 2 rings (SSSR count). The Bertz CT molecular complexity index is 329. The smallest absolute Gasteiger partial charge is 0.222 e. The first kappa shape index (κ1) is 16.5. The van der Waals surface area contributed by atoms with Gasteiger partial charge in [-0.2, -0.15) is 0 Å². The van der Waals surface area contributed by atoms with Crippen molar-refractivity contribution < 1.29 is 4.79 Å². The molecule has 5 nitrogen and oxygen atoms in total. The predicted octanol–water partition coefficient (Wildman–Crippen LogP) is 1.32. The van der Waals surface area contributed by atoms with Gasteiger partial charge >= 0.3 is 0 Å². The molecule has 19 heavy (non-hydrogen) atoms. The fraction of sp³-hybridized carbons (Fsp3) is 0.846. The zero-order valence-corrected chi connectivity index (χ0v) is 13.9. The van der Waals surface area contributed by atoms with Gasteiger partial charge in [-0.3, -0.25) is 9.79 Å². The number of hydrogen-bond donors (Lipinski definition) is 2. The highest BCUT2D eigenvalue weighted by Gasteiger charge is 2.23. The Balaban J connectivity index is 0.00000180. The van der Waals surface area contributed by atoms with Crippen LogP contribution in [0.4, 0.5) is 0 Å². The van der Waals surface area contributed by atoms with E-state index in [-0.39, 0.29) is 29.9 Å². The number of nitrogens with one attached hydrogen (secondary N) is 1. The number of guanidine groups is 1. The number of piperidine rings is 1. The van der Waals surface area contributed by atoms with E-state index in [0.29, 0.717) is 30.9 Å². The fourth-order valence-corrected chi connectivity index (χ4v) is 2.71. The third-order valence-electron chi connectivity index (χ3n) is 3.99. The third kappa shape index (κ3) is 5.16. The molecule has 1 amide bonds. The van der Waals surface area contributed by atoms with E-state index in [4.69, 9.17) is 5.73 Å². The van der Waals surface area contributed by atoms with Crippen LogP contribution in [0.2, 0.25) is 0 Å². The summed E-state index contributed by atoms with van der Waals surface area (Å²) in [5.41, 5.74) is 5.88. The van der Waals surface area contributed by atoms with Crippen molar-refractivity contribution in [2.75, 3.05) is 20.1 Å². The van der Waals surface area contributed by atoms with Crippen molar-refractivity contribution in [2.45, 2.75) is 44.6 Å². The molecule has 1 unspecified atom stereocenters. The second-order valence-electron chi connectivity index (χ2n) is 5.53. The van der Waals surface area contributed by atoms with E-state index in [1.165, 1.54) is 25.7 Å². The number of rotatable bonds is 3. The van der Waals surface area contributed by atoms with Crippen LogP contribution in [0, 0.1) is 5.92 Å². The summed E-state index contributed by atoms with van der Waals surface area (Å²) in [5.74, 6) is 1.13. The van der Waals surface area contributed by atoms with E-state index in [9.17, 15) is 4.79 Å². The van der Waals surface area contributed by atoms with Crippen LogP contribution in [0.15, 0.2) is 4.99 Å². The van der Waals surface area contributed by atoms with Gasteiger partial charge in [0.15, 0.2) is 5.96 Å². The van der Waals surface area contributed by atoms with Crippen molar-refractivity contribution in [2.24, 2.45) is 16.6 Å². The number of likely N-dealkylation sites (tertiary alicyclic amines) is 1. The molecule has 0 aromatic carbocycles. The molecule has 3 N–H and O–H groups in total. The van der Waals surface area contributed by atoms with Crippen LogP contribution >= 0.6 is 24.0 Å². The van der Waals surface area contributed by atoms with Gasteiger partial charge in [0.25, 0.3) is 0 Å². The molecule has 6 heteroatoms. The van der Waals surface area contributed by atoms with Crippen LogP contribution in [0.1, 0.15) is 38.5 Å². The Kier molecular flexibility index (Phi) is 6.88. The maximum absolute atomic E-state index is 11.6. The number of amides is 1. The first-order chi connectivity index (χ1) is 8.65. The number of hydrogen-bond acceptors (Lipinski definition) is 2. The van der Waals surface area contributed by atoms with Crippen LogP contribution in [-0.2, 0) is 4.79 Å². The molecule has 1 heterocycles. The zero-order chi connectivity index (χ0) is 13.0. The normalized spacial score (nSPS) is 25.3. The molecule has 1 aliphatic heterocycles. The zero-order valence-electron chi connectivity index (χ0n) is 11.6. The highest BCUT2D eigenvalue weighted by atomic mass is 127. The summed E-state index contributed by atoms with van der Waals surface area (Å²) < 4.78 is 0. The number of nitrogens with zero attached hydrogens (tertiary/aromatic N) is 2. The van der Waals surface area contributed by atoms with Crippen LogP contribution in [0.5, 0.6) is 0 Å². The molecular formula is C13H25IN4O. The minimum Gasteiger partial charge on any atom is -0.370 e. The molecular weight excluding hydrogens is 355 g/mol. The average molecular weight is 380 g/mol. The van der Waals surface area contributed by atoms with Crippen LogP contribution in [-0.4, -0.2) is 42.9 Å². The lowest BCUT2D eigenvalue weighted by atomic mass is 9.97. The lowest BCUT2D eigenvalue weighted by Gasteiger charge is -2.27. The van der Waals surface area contributed by atoms with Crippen LogP contribution in [0.25, 0.3) is 0 Å². The molecule has 1 aliphatic carbocycles. The number of aliphatic imine (C=N–C) groups is 1. The summed E-state index contributed by atoms with van der Waals surface area (Å²) in [6, 6.07) is 0.507. The Hall–Kier alpha value is -0.530. The summed E-state index contributed by atoms with van der Waals surface area (Å²) in [6.07, 6.45) is 6.60. The molecule has 1 atom stereocenters. The topological polar surface area (TPSA) is 70.7 Å². The highest BCUT2D eigenvalue weighted by Crippen LogP contribution is 2.18. The van der Waals surface area contributed by atoms with Crippen LogP contribution < -0.4 is 11.1 Å². The van der Waals surface area contributed by atoms with E-state index in [0.717, 1.165) is 13.0 Å². The molecule has 0 spiro atoms. The monoisotopic (exact) mass is 380 g/mol. The van der Waals surface area contributed by atoms with Gasteiger partial charge in [0.1, 0.15) is 0 Å². The molecule has 1 saturated carbocycles. The fourth-order valence-electron chi connectivity index (χ4n) is 2.71. The average Bonchev–Trinajstić information content (AvgIpc) is 2.83. The molecule has 0 radical (unpaired) electrons. The van der Waals surface area contributed by atoms with Gasteiger partial charge in [-0.25, -0.2) is 0 Å². The summed E-state index contributed by atoms with van der Waals surface area (Å²) in [5, 5.41) is 3.27. The van der Waals surface area contributed by atoms with Gasteiger partial charge in [-0.1, -0.05) is 12.8 Å². The van der Waals surface area contributed by atoms with E-state index >= 15 is 0 Å². The molecule has 0 aromatic heterocycles. The van der Waals surface area contributed by atoms with Gasteiger partial charge in [0, 0.05) is 32.6 Å². The summed E-state index contributed by atoms with van der Waals surface area (Å²) in [4.78, 5) is 17.7. The first-order valence-electron chi connectivity index (χ1n) is 6.95. The van der Waals surface area contributed by atoms with Crippen molar-refractivity contribution in [1.82, 2.24) is 10.2 Å². The Labute approximate surface area is 132 Å². The van der Waals surface area contributed by atoms with Gasteiger partial charge in [0.05, 0.1) is 0 Å². The molecule has 2 aliphatic rings. The molecule has 2 fully saturated rings. The number of halogens is 1. The molecule has 1 saturated heterocycles. The van der Waals surface area contributed by atoms with Crippen molar-refractivity contribution in [1.29, 1.82) is 0 Å². The maximum atomic E-state index is 11.6. The third-order valence-corrected chi connectivity index (χ3v) is 3.99. The van der Waals surface area contributed by atoms with Gasteiger partial charge in [0.2, 0.25) is 5.91 Å². The van der Waals surface area contributed by atoms with Gasteiger partial charge < -0.3 is 16.0 Å². The number of nitrogens with two attached hydrogens (primary N) is 1. The largest absolute Gasteiger partial charge is 0.370 e. The number of carbonyl (C=O) groups is 1.